The molecule has 1 fully saturated rings. The molecule has 1 atom stereocenters. The van der Waals surface area contributed by atoms with Gasteiger partial charge in [0.05, 0.1) is 6.54 Å². The van der Waals surface area contributed by atoms with Crippen LogP contribution in [0.25, 0.3) is 0 Å². The number of pyridine rings is 1. The molecule has 2 N–H and O–H groups in total. The first kappa shape index (κ1) is 12.4. The number of nitrogens with two attached hydrogens (primary N) is 1. The lowest BCUT2D eigenvalue weighted by molar-refractivity contribution is 0.00788. The highest BCUT2D eigenvalue weighted by molar-refractivity contribution is 5.18. The van der Waals surface area contributed by atoms with E-state index in [1.165, 1.54) is 0 Å². The number of nitrogens with zero attached hydrogens (tertiary/aromatic N) is 2. The Bertz CT molecular complexity index is 378. The molecule has 2 rings (SSSR count). The third-order valence-electron chi connectivity index (χ3n) is 3.18. The minimum absolute atomic E-state index is 0.0806. The highest BCUT2D eigenvalue weighted by atomic mass is 19.3. The van der Waals surface area contributed by atoms with Crippen LogP contribution in [0.3, 0.4) is 0 Å². The summed E-state index contributed by atoms with van der Waals surface area (Å²) in [6.45, 7) is 2.41. The van der Waals surface area contributed by atoms with Gasteiger partial charge in [0, 0.05) is 37.4 Å². The van der Waals surface area contributed by atoms with E-state index < -0.39 is 5.92 Å². The zero-order chi connectivity index (χ0) is 12.5. The lowest BCUT2D eigenvalue weighted by Gasteiger charge is -2.26. The zero-order valence-electron chi connectivity index (χ0n) is 9.87. The molecule has 0 saturated carbocycles. The quantitative estimate of drug-likeness (QED) is 0.876. The van der Waals surface area contributed by atoms with Crippen LogP contribution >= 0.6 is 0 Å². The summed E-state index contributed by atoms with van der Waals surface area (Å²) in [5.41, 5.74) is 7.52. The second-order valence-electron chi connectivity index (χ2n) is 4.56. The number of halogens is 2. The van der Waals surface area contributed by atoms with Crippen LogP contribution in [0.1, 0.15) is 23.7 Å². The summed E-state index contributed by atoms with van der Waals surface area (Å²) in [6, 6.07) is 3.64. The summed E-state index contributed by atoms with van der Waals surface area (Å²) >= 11 is 0. The van der Waals surface area contributed by atoms with Gasteiger partial charge in [-0.05, 0) is 18.6 Å². The van der Waals surface area contributed by atoms with Crippen molar-refractivity contribution in [3.05, 3.63) is 29.6 Å². The summed E-state index contributed by atoms with van der Waals surface area (Å²) in [6.07, 6.45) is 1.64. The molecule has 3 nitrogen and oxygen atoms in total. The average molecular weight is 241 g/mol. The lowest BCUT2D eigenvalue weighted by Crippen LogP contribution is -2.34. The Labute approximate surface area is 99.6 Å². The third-order valence-corrected chi connectivity index (χ3v) is 3.18. The molecule has 0 aliphatic carbocycles. The van der Waals surface area contributed by atoms with Crippen LogP contribution in [0.5, 0.6) is 0 Å². The molecule has 94 valence electrons. The van der Waals surface area contributed by atoms with Gasteiger partial charge >= 0.3 is 0 Å². The van der Waals surface area contributed by atoms with Crippen molar-refractivity contribution in [2.45, 2.75) is 25.3 Å². The highest BCUT2D eigenvalue weighted by Crippen LogP contribution is 2.32. The number of rotatable bonds is 3. The normalized spacial score (nSPS) is 21.6. The van der Waals surface area contributed by atoms with Gasteiger partial charge < -0.3 is 5.73 Å². The number of aryl methyl sites for hydroxylation is 1. The van der Waals surface area contributed by atoms with Crippen molar-refractivity contribution in [1.29, 1.82) is 0 Å². The fourth-order valence-electron chi connectivity index (χ4n) is 2.20. The Balaban J connectivity index is 2.14. The van der Waals surface area contributed by atoms with Crippen LogP contribution in [0, 0.1) is 6.92 Å². The molecule has 1 aromatic heterocycles. The monoisotopic (exact) mass is 241 g/mol. The van der Waals surface area contributed by atoms with E-state index in [1.54, 1.807) is 11.1 Å². The van der Waals surface area contributed by atoms with E-state index in [-0.39, 0.29) is 19.0 Å². The minimum atomic E-state index is -2.58. The molecule has 0 bridgehead atoms. The van der Waals surface area contributed by atoms with E-state index in [2.05, 4.69) is 4.98 Å². The van der Waals surface area contributed by atoms with Crippen molar-refractivity contribution in [3.8, 4) is 0 Å². The van der Waals surface area contributed by atoms with Crippen molar-refractivity contribution >= 4 is 0 Å². The second kappa shape index (κ2) is 4.66. The molecule has 0 amide bonds. The van der Waals surface area contributed by atoms with Crippen molar-refractivity contribution in [2.75, 3.05) is 19.6 Å². The number of hydrogen-bond donors (Lipinski definition) is 1. The van der Waals surface area contributed by atoms with Crippen LogP contribution in [-0.4, -0.2) is 35.4 Å². The molecule has 1 aliphatic rings. The molecule has 0 radical (unpaired) electrons. The molecule has 0 spiro atoms. The van der Waals surface area contributed by atoms with Crippen molar-refractivity contribution in [3.63, 3.8) is 0 Å². The average Bonchev–Trinajstić information content (AvgIpc) is 2.63. The van der Waals surface area contributed by atoms with E-state index in [4.69, 9.17) is 5.73 Å². The summed E-state index contributed by atoms with van der Waals surface area (Å²) in [5, 5.41) is 0. The second-order valence-corrected chi connectivity index (χ2v) is 4.56. The fraction of sp³-hybridized carbons (Fsp3) is 0.583. The van der Waals surface area contributed by atoms with Crippen molar-refractivity contribution < 1.29 is 8.78 Å². The third kappa shape index (κ3) is 2.79. The van der Waals surface area contributed by atoms with Crippen LogP contribution in [0.4, 0.5) is 8.78 Å². The number of alkyl halides is 2. The van der Waals surface area contributed by atoms with E-state index in [1.807, 2.05) is 19.1 Å². The predicted octanol–water partition coefficient (Wildman–Crippen LogP) is 1.73. The molecular formula is C12H17F2N3. The Morgan fingerprint density at radius 2 is 2.29 bits per heavy atom. The molecule has 0 aromatic carbocycles. The van der Waals surface area contributed by atoms with Gasteiger partial charge in [-0.2, -0.15) is 0 Å². The molecule has 1 saturated heterocycles. The molecule has 5 heteroatoms. The molecule has 2 heterocycles. The van der Waals surface area contributed by atoms with E-state index in [0.717, 1.165) is 11.3 Å². The van der Waals surface area contributed by atoms with Crippen molar-refractivity contribution in [2.24, 2.45) is 5.73 Å². The van der Waals surface area contributed by atoms with Crippen LogP contribution < -0.4 is 5.73 Å². The largest absolute Gasteiger partial charge is 0.329 e. The maximum absolute atomic E-state index is 13.2. The maximum Gasteiger partial charge on any atom is 0.261 e. The van der Waals surface area contributed by atoms with Crippen LogP contribution in [0.2, 0.25) is 0 Å². The number of hydrogen-bond acceptors (Lipinski definition) is 3. The predicted molar refractivity (Wildman–Crippen MR) is 61.9 cm³/mol. The lowest BCUT2D eigenvalue weighted by atomic mass is 10.1. The standard InChI is InChI=1S/C12H17F2N3/c1-9-2-3-10(7-16-9)11(6-15)17-5-4-12(13,14)8-17/h2-3,7,11H,4-6,8,15H2,1H3. The van der Waals surface area contributed by atoms with Gasteiger partial charge in [0.2, 0.25) is 0 Å². The smallest absolute Gasteiger partial charge is 0.261 e. The van der Waals surface area contributed by atoms with Gasteiger partial charge in [-0.15, -0.1) is 0 Å². The first-order valence-electron chi connectivity index (χ1n) is 5.76. The molecular weight excluding hydrogens is 224 g/mol. The minimum Gasteiger partial charge on any atom is -0.329 e. The summed E-state index contributed by atoms with van der Waals surface area (Å²) in [4.78, 5) is 5.93. The SMILES string of the molecule is Cc1ccc(C(CN)N2CCC(F)(F)C2)cn1. The molecule has 17 heavy (non-hydrogen) atoms. The van der Waals surface area contributed by atoms with Gasteiger partial charge in [-0.25, -0.2) is 8.78 Å². The first-order valence-corrected chi connectivity index (χ1v) is 5.76. The van der Waals surface area contributed by atoms with Crippen LogP contribution in [-0.2, 0) is 0 Å². The van der Waals surface area contributed by atoms with E-state index in [0.29, 0.717) is 13.1 Å². The zero-order valence-corrected chi connectivity index (χ0v) is 9.87. The Morgan fingerprint density at radius 1 is 1.53 bits per heavy atom. The summed E-state index contributed by atoms with van der Waals surface area (Å²) < 4.78 is 26.3. The summed E-state index contributed by atoms with van der Waals surface area (Å²) in [5.74, 6) is -2.58. The maximum atomic E-state index is 13.2. The Hall–Kier alpha value is -1.07. The molecule has 1 aromatic rings. The van der Waals surface area contributed by atoms with E-state index in [9.17, 15) is 8.78 Å². The Kier molecular flexibility index (Phi) is 3.40. The Morgan fingerprint density at radius 3 is 2.76 bits per heavy atom. The van der Waals surface area contributed by atoms with Crippen LogP contribution in [0.15, 0.2) is 18.3 Å². The molecule has 1 aliphatic heterocycles. The molecule has 1 unspecified atom stereocenters. The number of aromatic nitrogens is 1. The van der Waals surface area contributed by atoms with Gasteiger partial charge in [0.25, 0.3) is 5.92 Å². The highest BCUT2D eigenvalue weighted by Gasteiger charge is 2.40. The first-order chi connectivity index (χ1) is 8.02. The van der Waals surface area contributed by atoms with E-state index >= 15 is 0 Å². The van der Waals surface area contributed by atoms with Crippen molar-refractivity contribution in [1.82, 2.24) is 9.88 Å². The van der Waals surface area contributed by atoms with Gasteiger partial charge in [-0.3, -0.25) is 9.88 Å². The van der Waals surface area contributed by atoms with Gasteiger partial charge in [0.1, 0.15) is 0 Å². The van der Waals surface area contributed by atoms with Gasteiger partial charge in [-0.1, -0.05) is 6.07 Å². The summed E-state index contributed by atoms with van der Waals surface area (Å²) in [7, 11) is 0. The van der Waals surface area contributed by atoms with Gasteiger partial charge in [0.15, 0.2) is 0 Å². The number of likely N-dealkylation sites (tertiary alicyclic amines) is 1. The topological polar surface area (TPSA) is 42.1 Å². The fourth-order valence-corrected chi connectivity index (χ4v) is 2.20.